The van der Waals surface area contributed by atoms with Crippen molar-refractivity contribution in [3.63, 3.8) is 0 Å². The Morgan fingerprint density at radius 2 is 1.36 bits per heavy atom. The molecule has 158 valence electrons. The van der Waals surface area contributed by atoms with Crippen LogP contribution in [-0.4, -0.2) is 23.1 Å². The highest BCUT2D eigenvalue weighted by Crippen LogP contribution is 2.17. The van der Waals surface area contributed by atoms with E-state index in [0.717, 1.165) is 31.6 Å². The SMILES string of the molecule is CCC(CCCCCCCCCCC(C)C)OC(=O)c1ccccc1C(=O)O. The van der Waals surface area contributed by atoms with Crippen LogP contribution in [0.5, 0.6) is 0 Å². The molecule has 0 aliphatic heterocycles. The van der Waals surface area contributed by atoms with E-state index in [1.807, 2.05) is 6.92 Å². The number of ether oxygens (including phenoxy) is 1. The quantitative estimate of drug-likeness (QED) is 0.262. The number of carboxylic acids is 1. The van der Waals surface area contributed by atoms with Crippen LogP contribution in [0.15, 0.2) is 24.3 Å². The number of benzene rings is 1. The lowest BCUT2D eigenvalue weighted by atomic mass is 10.0. The fourth-order valence-electron chi connectivity index (χ4n) is 3.39. The third-order valence-corrected chi connectivity index (χ3v) is 5.16. The third kappa shape index (κ3) is 9.91. The summed E-state index contributed by atoms with van der Waals surface area (Å²) in [6.07, 6.45) is 12.9. The van der Waals surface area contributed by atoms with E-state index in [2.05, 4.69) is 13.8 Å². The van der Waals surface area contributed by atoms with Crippen molar-refractivity contribution in [2.45, 2.75) is 97.5 Å². The number of carboxylic acid groups (broad SMARTS) is 1. The van der Waals surface area contributed by atoms with Gasteiger partial charge in [-0.25, -0.2) is 9.59 Å². The van der Waals surface area contributed by atoms with E-state index in [1.165, 1.54) is 57.1 Å². The predicted molar refractivity (Wildman–Crippen MR) is 114 cm³/mol. The Hall–Kier alpha value is -1.84. The van der Waals surface area contributed by atoms with Crippen LogP contribution in [0.3, 0.4) is 0 Å². The fourth-order valence-corrected chi connectivity index (χ4v) is 3.39. The second-order valence-electron chi connectivity index (χ2n) is 8.09. The van der Waals surface area contributed by atoms with E-state index >= 15 is 0 Å². The van der Waals surface area contributed by atoms with Crippen molar-refractivity contribution in [2.75, 3.05) is 0 Å². The molecule has 0 spiro atoms. The summed E-state index contributed by atoms with van der Waals surface area (Å²) in [6, 6.07) is 6.22. The molecule has 0 heterocycles. The first-order valence-corrected chi connectivity index (χ1v) is 11.0. The summed E-state index contributed by atoms with van der Waals surface area (Å²) in [5.74, 6) is -0.825. The summed E-state index contributed by atoms with van der Waals surface area (Å²) < 4.78 is 5.57. The van der Waals surface area contributed by atoms with E-state index in [1.54, 1.807) is 12.1 Å². The highest BCUT2D eigenvalue weighted by Gasteiger charge is 2.20. The maximum absolute atomic E-state index is 12.4. The molecule has 1 atom stereocenters. The number of hydrogen-bond acceptors (Lipinski definition) is 3. The van der Waals surface area contributed by atoms with Gasteiger partial charge >= 0.3 is 11.9 Å². The van der Waals surface area contributed by atoms with E-state index in [0.29, 0.717) is 0 Å². The molecule has 0 fully saturated rings. The standard InChI is InChI=1S/C24H38O4/c1-4-20(16-12-10-8-6-5-7-9-11-15-19(2)3)28-24(27)22-18-14-13-17-21(22)23(25)26/h13-14,17-20H,4-12,15-16H2,1-3H3,(H,25,26). The van der Waals surface area contributed by atoms with Crippen LogP contribution >= 0.6 is 0 Å². The largest absolute Gasteiger partial charge is 0.478 e. The molecular formula is C24H38O4. The zero-order valence-corrected chi connectivity index (χ0v) is 17.9. The molecule has 4 heteroatoms. The Balaban J connectivity index is 2.22. The van der Waals surface area contributed by atoms with Crippen LogP contribution in [0.25, 0.3) is 0 Å². The van der Waals surface area contributed by atoms with Crippen molar-refractivity contribution in [3.05, 3.63) is 35.4 Å². The zero-order valence-electron chi connectivity index (χ0n) is 17.9. The van der Waals surface area contributed by atoms with Gasteiger partial charge in [0.05, 0.1) is 11.1 Å². The second kappa shape index (κ2) is 14.2. The number of rotatable bonds is 15. The Bertz CT molecular complexity index is 580. The molecule has 0 radical (unpaired) electrons. The molecule has 1 aromatic carbocycles. The van der Waals surface area contributed by atoms with Crippen LogP contribution in [0.2, 0.25) is 0 Å². The van der Waals surface area contributed by atoms with Gasteiger partial charge in [-0.2, -0.15) is 0 Å². The van der Waals surface area contributed by atoms with Gasteiger partial charge < -0.3 is 9.84 Å². The zero-order chi connectivity index (χ0) is 20.8. The van der Waals surface area contributed by atoms with E-state index in [-0.39, 0.29) is 17.2 Å². The number of carbonyl (C=O) groups excluding carboxylic acids is 1. The van der Waals surface area contributed by atoms with Crippen molar-refractivity contribution < 1.29 is 19.4 Å². The molecule has 0 bridgehead atoms. The lowest BCUT2D eigenvalue weighted by Gasteiger charge is -2.17. The van der Waals surface area contributed by atoms with Crippen LogP contribution in [-0.2, 0) is 4.74 Å². The lowest BCUT2D eigenvalue weighted by molar-refractivity contribution is 0.0262. The molecule has 1 aromatic rings. The Morgan fingerprint density at radius 3 is 1.86 bits per heavy atom. The van der Waals surface area contributed by atoms with E-state index < -0.39 is 11.9 Å². The smallest absolute Gasteiger partial charge is 0.339 e. The summed E-state index contributed by atoms with van der Waals surface area (Å²) in [5.41, 5.74) is 0.127. The van der Waals surface area contributed by atoms with Gasteiger partial charge in [0.15, 0.2) is 0 Å². The molecule has 4 nitrogen and oxygen atoms in total. The van der Waals surface area contributed by atoms with Crippen LogP contribution in [0.1, 0.15) is 112 Å². The van der Waals surface area contributed by atoms with Crippen LogP contribution in [0, 0.1) is 5.92 Å². The molecule has 0 aliphatic rings. The third-order valence-electron chi connectivity index (χ3n) is 5.16. The van der Waals surface area contributed by atoms with Crippen LogP contribution < -0.4 is 0 Å². The van der Waals surface area contributed by atoms with E-state index in [9.17, 15) is 14.7 Å². The number of unbranched alkanes of at least 4 members (excludes halogenated alkanes) is 7. The van der Waals surface area contributed by atoms with Gasteiger partial charge in [0.2, 0.25) is 0 Å². The van der Waals surface area contributed by atoms with Gasteiger partial charge in [-0.3, -0.25) is 0 Å². The van der Waals surface area contributed by atoms with Crippen molar-refractivity contribution in [1.29, 1.82) is 0 Å². The highest BCUT2D eigenvalue weighted by atomic mass is 16.5. The summed E-state index contributed by atoms with van der Waals surface area (Å²) in [4.78, 5) is 23.6. The second-order valence-corrected chi connectivity index (χ2v) is 8.09. The first kappa shape index (κ1) is 24.2. The summed E-state index contributed by atoms with van der Waals surface area (Å²) >= 11 is 0. The first-order chi connectivity index (χ1) is 13.5. The number of esters is 1. The Labute approximate surface area is 170 Å². The van der Waals surface area contributed by atoms with Crippen molar-refractivity contribution in [2.24, 2.45) is 5.92 Å². The normalized spacial score (nSPS) is 12.1. The monoisotopic (exact) mass is 390 g/mol. The molecule has 1 N–H and O–H groups in total. The summed E-state index contributed by atoms with van der Waals surface area (Å²) in [6.45, 7) is 6.57. The van der Waals surface area contributed by atoms with Crippen molar-refractivity contribution in [3.8, 4) is 0 Å². The number of carbonyl (C=O) groups is 2. The van der Waals surface area contributed by atoms with Crippen molar-refractivity contribution in [1.82, 2.24) is 0 Å². The molecule has 28 heavy (non-hydrogen) atoms. The van der Waals surface area contributed by atoms with Gasteiger partial charge in [0, 0.05) is 0 Å². The minimum atomic E-state index is -1.11. The van der Waals surface area contributed by atoms with Gasteiger partial charge in [0.25, 0.3) is 0 Å². The average molecular weight is 391 g/mol. The van der Waals surface area contributed by atoms with Gasteiger partial charge in [-0.15, -0.1) is 0 Å². The molecule has 0 aromatic heterocycles. The summed E-state index contributed by atoms with van der Waals surface area (Å²) in [5, 5.41) is 9.21. The predicted octanol–water partition coefficient (Wildman–Crippen LogP) is 6.88. The fraction of sp³-hybridized carbons (Fsp3) is 0.667. The maximum Gasteiger partial charge on any atom is 0.339 e. The first-order valence-electron chi connectivity index (χ1n) is 11.0. The minimum absolute atomic E-state index is 0.00394. The lowest BCUT2D eigenvalue weighted by Crippen LogP contribution is -2.19. The summed E-state index contributed by atoms with van der Waals surface area (Å²) in [7, 11) is 0. The van der Waals surface area contributed by atoms with Gasteiger partial charge in [-0.1, -0.05) is 84.3 Å². The molecular weight excluding hydrogens is 352 g/mol. The van der Waals surface area contributed by atoms with Crippen molar-refractivity contribution >= 4 is 11.9 Å². The van der Waals surface area contributed by atoms with Crippen LogP contribution in [0.4, 0.5) is 0 Å². The van der Waals surface area contributed by atoms with Gasteiger partial charge in [0.1, 0.15) is 6.10 Å². The number of hydrogen-bond donors (Lipinski definition) is 1. The van der Waals surface area contributed by atoms with E-state index in [4.69, 9.17) is 4.74 Å². The Kier molecular flexibility index (Phi) is 12.3. The molecule has 0 aliphatic carbocycles. The molecule has 1 unspecified atom stereocenters. The molecule has 0 saturated carbocycles. The molecule has 1 rings (SSSR count). The molecule has 0 saturated heterocycles. The van der Waals surface area contributed by atoms with Gasteiger partial charge in [-0.05, 0) is 37.3 Å². The minimum Gasteiger partial charge on any atom is -0.478 e. The maximum atomic E-state index is 12.4. The Morgan fingerprint density at radius 1 is 0.857 bits per heavy atom. The topological polar surface area (TPSA) is 63.6 Å². The highest BCUT2D eigenvalue weighted by molar-refractivity contribution is 6.02. The number of aromatic carboxylic acids is 1. The molecule has 0 amide bonds. The average Bonchev–Trinajstić information content (AvgIpc) is 2.67.